The molecule has 0 aliphatic carbocycles. The molecular formula is C16H20N2O2S. The highest BCUT2D eigenvalue weighted by atomic mass is 32.2. The number of para-hydroxylation sites is 2. The Labute approximate surface area is 126 Å². The van der Waals surface area contributed by atoms with Gasteiger partial charge in [0.1, 0.15) is 4.90 Å². The number of anilines is 2. The molecule has 0 spiro atoms. The zero-order valence-electron chi connectivity index (χ0n) is 12.3. The highest BCUT2D eigenvalue weighted by Crippen LogP contribution is 2.25. The molecule has 4 nitrogen and oxygen atoms in total. The van der Waals surface area contributed by atoms with Crippen molar-refractivity contribution in [1.29, 1.82) is 0 Å². The standard InChI is InChI=1S/C16H20N2O2S/c1-3-8-13-9-4-5-10-14(13)18-21(19,20)16-12-7-6-11-15(16)17-2/h4-7,9-12,17-18H,3,8H2,1-2H3. The number of hydrogen-bond acceptors (Lipinski definition) is 3. The van der Waals surface area contributed by atoms with Gasteiger partial charge in [0.05, 0.1) is 11.4 Å². The van der Waals surface area contributed by atoms with Gasteiger partial charge in [0.15, 0.2) is 0 Å². The Morgan fingerprint density at radius 3 is 2.24 bits per heavy atom. The molecule has 0 atom stereocenters. The van der Waals surface area contributed by atoms with Crippen LogP contribution in [-0.4, -0.2) is 15.5 Å². The number of sulfonamides is 1. The Kier molecular flexibility index (Phi) is 4.85. The molecule has 21 heavy (non-hydrogen) atoms. The van der Waals surface area contributed by atoms with Crippen molar-refractivity contribution in [3.05, 3.63) is 54.1 Å². The SMILES string of the molecule is CCCc1ccccc1NS(=O)(=O)c1ccccc1NC. The quantitative estimate of drug-likeness (QED) is 0.859. The van der Waals surface area contributed by atoms with Crippen LogP contribution in [0.4, 0.5) is 11.4 Å². The van der Waals surface area contributed by atoms with Crippen molar-refractivity contribution in [1.82, 2.24) is 0 Å². The second-order valence-electron chi connectivity index (χ2n) is 4.76. The van der Waals surface area contributed by atoms with Crippen molar-refractivity contribution in [2.75, 3.05) is 17.1 Å². The van der Waals surface area contributed by atoms with Crippen molar-refractivity contribution in [3.8, 4) is 0 Å². The van der Waals surface area contributed by atoms with E-state index in [0.717, 1.165) is 18.4 Å². The number of aryl methyl sites for hydroxylation is 1. The molecule has 2 N–H and O–H groups in total. The summed E-state index contributed by atoms with van der Waals surface area (Å²) in [6.45, 7) is 2.07. The summed E-state index contributed by atoms with van der Waals surface area (Å²) in [5.74, 6) is 0. The zero-order valence-corrected chi connectivity index (χ0v) is 13.1. The first-order chi connectivity index (χ1) is 10.1. The fourth-order valence-electron chi connectivity index (χ4n) is 2.21. The van der Waals surface area contributed by atoms with Crippen LogP contribution >= 0.6 is 0 Å². The lowest BCUT2D eigenvalue weighted by atomic mass is 10.1. The van der Waals surface area contributed by atoms with Crippen molar-refractivity contribution < 1.29 is 8.42 Å². The van der Waals surface area contributed by atoms with Gasteiger partial charge in [-0.2, -0.15) is 0 Å². The van der Waals surface area contributed by atoms with E-state index in [4.69, 9.17) is 0 Å². The fraction of sp³-hybridized carbons (Fsp3) is 0.250. The molecule has 0 radical (unpaired) electrons. The Bertz CT molecular complexity index is 712. The predicted molar refractivity (Wildman–Crippen MR) is 87.2 cm³/mol. The first-order valence-corrected chi connectivity index (χ1v) is 8.44. The average Bonchev–Trinajstić information content (AvgIpc) is 2.49. The van der Waals surface area contributed by atoms with Gasteiger partial charge < -0.3 is 5.32 Å². The van der Waals surface area contributed by atoms with Gasteiger partial charge in [-0.1, -0.05) is 43.7 Å². The van der Waals surface area contributed by atoms with Crippen LogP contribution in [-0.2, 0) is 16.4 Å². The summed E-state index contributed by atoms with van der Waals surface area (Å²) in [5, 5.41) is 2.91. The number of nitrogens with one attached hydrogen (secondary N) is 2. The van der Waals surface area contributed by atoms with Crippen LogP contribution in [0.3, 0.4) is 0 Å². The molecule has 2 rings (SSSR count). The van der Waals surface area contributed by atoms with Gasteiger partial charge >= 0.3 is 0 Å². The maximum absolute atomic E-state index is 12.6. The van der Waals surface area contributed by atoms with Gasteiger partial charge in [-0.3, -0.25) is 4.72 Å². The zero-order chi connectivity index (χ0) is 15.3. The summed E-state index contributed by atoms with van der Waals surface area (Å²) in [6, 6.07) is 14.4. The lowest BCUT2D eigenvalue weighted by molar-refractivity contribution is 0.601. The fourth-order valence-corrected chi connectivity index (χ4v) is 3.53. The van der Waals surface area contributed by atoms with Crippen LogP contribution in [0, 0.1) is 0 Å². The van der Waals surface area contributed by atoms with E-state index in [1.54, 1.807) is 37.4 Å². The number of rotatable bonds is 6. The third kappa shape index (κ3) is 3.55. The van der Waals surface area contributed by atoms with E-state index < -0.39 is 10.0 Å². The third-order valence-corrected chi connectivity index (χ3v) is 4.65. The largest absolute Gasteiger partial charge is 0.387 e. The van der Waals surface area contributed by atoms with Crippen LogP contribution < -0.4 is 10.0 Å². The molecule has 0 aliphatic rings. The van der Waals surface area contributed by atoms with Gasteiger partial charge in [-0.25, -0.2) is 8.42 Å². The molecular weight excluding hydrogens is 284 g/mol. The molecule has 0 saturated carbocycles. The lowest BCUT2D eigenvalue weighted by Gasteiger charge is -2.14. The molecule has 0 aromatic heterocycles. The molecule has 0 unspecified atom stereocenters. The molecule has 0 saturated heterocycles. The Morgan fingerprint density at radius 1 is 0.952 bits per heavy atom. The van der Waals surface area contributed by atoms with Crippen LogP contribution in [0.2, 0.25) is 0 Å². The van der Waals surface area contributed by atoms with Crippen molar-refractivity contribution in [3.63, 3.8) is 0 Å². The second-order valence-corrected chi connectivity index (χ2v) is 6.41. The number of hydrogen-bond donors (Lipinski definition) is 2. The van der Waals surface area contributed by atoms with Gasteiger partial charge in [-0.05, 0) is 30.2 Å². The van der Waals surface area contributed by atoms with Gasteiger partial charge in [-0.15, -0.1) is 0 Å². The Balaban J connectivity index is 2.38. The van der Waals surface area contributed by atoms with E-state index in [9.17, 15) is 8.42 Å². The molecule has 2 aromatic rings. The van der Waals surface area contributed by atoms with Gasteiger partial charge in [0.2, 0.25) is 0 Å². The monoisotopic (exact) mass is 304 g/mol. The Hall–Kier alpha value is -2.01. The first-order valence-electron chi connectivity index (χ1n) is 6.96. The van der Waals surface area contributed by atoms with E-state index in [-0.39, 0.29) is 4.90 Å². The second kappa shape index (κ2) is 6.63. The molecule has 0 amide bonds. The summed E-state index contributed by atoms with van der Waals surface area (Å²) in [7, 11) is -1.90. The summed E-state index contributed by atoms with van der Waals surface area (Å²) >= 11 is 0. The molecule has 0 bridgehead atoms. The lowest BCUT2D eigenvalue weighted by Crippen LogP contribution is -2.15. The van der Waals surface area contributed by atoms with Gasteiger partial charge in [0.25, 0.3) is 10.0 Å². The summed E-state index contributed by atoms with van der Waals surface area (Å²) in [6.07, 6.45) is 1.80. The van der Waals surface area contributed by atoms with E-state index >= 15 is 0 Å². The molecule has 0 fully saturated rings. The maximum atomic E-state index is 12.6. The van der Waals surface area contributed by atoms with Crippen LogP contribution in [0.25, 0.3) is 0 Å². The summed E-state index contributed by atoms with van der Waals surface area (Å²) < 4.78 is 27.9. The van der Waals surface area contributed by atoms with Crippen molar-refractivity contribution in [2.45, 2.75) is 24.7 Å². The van der Waals surface area contributed by atoms with Gasteiger partial charge in [0, 0.05) is 7.05 Å². The highest BCUT2D eigenvalue weighted by molar-refractivity contribution is 7.92. The average molecular weight is 304 g/mol. The van der Waals surface area contributed by atoms with E-state index in [0.29, 0.717) is 11.4 Å². The molecule has 2 aromatic carbocycles. The molecule has 5 heteroatoms. The van der Waals surface area contributed by atoms with Crippen LogP contribution in [0.5, 0.6) is 0 Å². The normalized spacial score (nSPS) is 11.1. The minimum absolute atomic E-state index is 0.249. The van der Waals surface area contributed by atoms with Crippen LogP contribution in [0.1, 0.15) is 18.9 Å². The minimum atomic E-state index is -3.61. The highest BCUT2D eigenvalue weighted by Gasteiger charge is 2.18. The van der Waals surface area contributed by atoms with Crippen molar-refractivity contribution in [2.24, 2.45) is 0 Å². The first kappa shape index (κ1) is 15.4. The van der Waals surface area contributed by atoms with E-state index in [2.05, 4.69) is 17.0 Å². The van der Waals surface area contributed by atoms with E-state index in [1.807, 2.05) is 18.2 Å². The molecule has 0 heterocycles. The predicted octanol–water partition coefficient (Wildman–Crippen LogP) is 3.48. The molecule has 0 aliphatic heterocycles. The Morgan fingerprint density at radius 2 is 1.57 bits per heavy atom. The summed E-state index contributed by atoms with van der Waals surface area (Å²) in [5.41, 5.74) is 2.23. The number of benzene rings is 2. The van der Waals surface area contributed by atoms with Crippen LogP contribution in [0.15, 0.2) is 53.4 Å². The summed E-state index contributed by atoms with van der Waals surface area (Å²) in [4.78, 5) is 0.249. The van der Waals surface area contributed by atoms with Crippen molar-refractivity contribution >= 4 is 21.4 Å². The van der Waals surface area contributed by atoms with E-state index in [1.165, 1.54) is 0 Å². The molecule has 112 valence electrons. The maximum Gasteiger partial charge on any atom is 0.263 e. The topological polar surface area (TPSA) is 58.2 Å². The smallest absolute Gasteiger partial charge is 0.263 e. The minimum Gasteiger partial charge on any atom is -0.387 e. The third-order valence-electron chi connectivity index (χ3n) is 3.23.